The van der Waals surface area contributed by atoms with Crippen molar-refractivity contribution in [3.63, 3.8) is 0 Å². The van der Waals surface area contributed by atoms with E-state index >= 15 is 0 Å². The third kappa shape index (κ3) is 3.56. The first kappa shape index (κ1) is 15.8. The number of piperidine rings is 1. The summed E-state index contributed by atoms with van der Waals surface area (Å²) in [4.78, 5) is 14.2. The molecule has 0 aliphatic carbocycles. The van der Waals surface area contributed by atoms with E-state index in [-0.39, 0.29) is 23.6 Å². The molecule has 21 heavy (non-hydrogen) atoms. The zero-order chi connectivity index (χ0) is 15.6. The van der Waals surface area contributed by atoms with Gasteiger partial charge in [0.15, 0.2) is 0 Å². The van der Waals surface area contributed by atoms with Crippen LogP contribution in [0, 0.1) is 0 Å². The second kappa shape index (κ2) is 6.05. The summed E-state index contributed by atoms with van der Waals surface area (Å²) in [5, 5.41) is 0. The maximum absolute atomic E-state index is 12.5. The minimum absolute atomic E-state index is 0.0476. The number of benzene rings is 1. The predicted octanol–water partition coefficient (Wildman–Crippen LogP) is 3.05. The van der Waals surface area contributed by atoms with Gasteiger partial charge in [0.2, 0.25) is 0 Å². The van der Waals surface area contributed by atoms with E-state index in [9.17, 15) is 18.0 Å². The zero-order valence-electron chi connectivity index (χ0n) is 11.9. The molecule has 0 aromatic heterocycles. The lowest BCUT2D eigenvalue weighted by Crippen LogP contribution is -2.51. The second-order valence-electron chi connectivity index (χ2n) is 5.50. The highest BCUT2D eigenvalue weighted by atomic mass is 19.4. The molecule has 1 heterocycles. The van der Waals surface area contributed by atoms with Crippen LogP contribution in [0.25, 0.3) is 0 Å². The number of carbonyl (C=O) groups is 1. The van der Waals surface area contributed by atoms with Crippen molar-refractivity contribution in [2.75, 3.05) is 6.54 Å². The lowest BCUT2D eigenvalue weighted by atomic mass is 9.96. The van der Waals surface area contributed by atoms with Crippen LogP contribution in [0.2, 0.25) is 0 Å². The number of hydrogen-bond donors (Lipinski definition) is 1. The average Bonchev–Trinajstić information content (AvgIpc) is 2.45. The smallest absolute Gasteiger partial charge is 0.334 e. The predicted molar refractivity (Wildman–Crippen MR) is 73.8 cm³/mol. The van der Waals surface area contributed by atoms with Gasteiger partial charge in [-0.25, -0.2) is 0 Å². The zero-order valence-corrected chi connectivity index (χ0v) is 11.9. The van der Waals surface area contributed by atoms with Gasteiger partial charge in [0.25, 0.3) is 5.91 Å². The fourth-order valence-corrected chi connectivity index (χ4v) is 2.72. The molecular weight excluding hydrogens is 281 g/mol. The van der Waals surface area contributed by atoms with Crippen LogP contribution in [0.15, 0.2) is 24.3 Å². The quantitative estimate of drug-likeness (QED) is 0.912. The Morgan fingerprint density at radius 3 is 2.43 bits per heavy atom. The molecule has 1 aromatic carbocycles. The van der Waals surface area contributed by atoms with Crippen molar-refractivity contribution in [1.29, 1.82) is 0 Å². The molecule has 116 valence electrons. The van der Waals surface area contributed by atoms with E-state index in [1.807, 2.05) is 6.92 Å². The van der Waals surface area contributed by atoms with E-state index in [1.54, 1.807) is 4.90 Å². The van der Waals surface area contributed by atoms with Crippen LogP contribution in [-0.2, 0) is 6.18 Å². The summed E-state index contributed by atoms with van der Waals surface area (Å²) in [7, 11) is 0. The molecule has 0 saturated carbocycles. The van der Waals surface area contributed by atoms with E-state index in [2.05, 4.69) is 0 Å². The summed E-state index contributed by atoms with van der Waals surface area (Å²) in [6.45, 7) is 2.45. The first-order valence-electron chi connectivity index (χ1n) is 7.04. The van der Waals surface area contributed by atoms with E-state index in [0.29, 0.717) is 6.54 Å². The van der Waals surface area contributed by atoms with Crippen LogP contribution in [-0.4, -0.2) is 29.4 Å². The molecular formula is C15H19F3N2O. The summed E-state index contributed by atoms with van der Waals surface area (Å²) in [6.07, 6.45) is -1.64. The van der Waals surface area contributed by atoms with Gasteiger partial charge in [-0.1, -0.05) is 0 Å². The first-order chi connectivity index (χ1) is 9.80. The Morgan fingerprint density at radius 2 is 1.90 bits per heavy atom. The van der Waals surface area contributed by atoms with Crippen molar-refractivity contribution < 1.29 is 18.0 Å². The second-order valence-corrected chi connectivity index (χ2v) is 5.50. The summed E-state index contributed by atoms with van der Waals surface area (Å²) < 4.78 is 37.6. The van der Waals surface area contributed by atoms with Gasteiger partial charge < -0.3 is 10.6 Å². The molecule has 1 aliphatic heterocycles. The standard InChI is InChI=1S/C15H19F3N2O/c1-10(19)13-4-2-3-9-20(13)14(21)11-5-7-12(8-6-11)15(16,17)18/h5-8,10,13H,2-4,9,19H2,1H3/t10-,13+/m0/s1. The molecule has 2 rings (SSSR count). The summed E-state index contributed by atoms with van der Waals surface area (Å²) in [5.74, 6) is -0.245. The van der Waals surface area contributed by atoms with E-state index in [0.717, 1.165) is 31.4 Å². The Bertz CT molecular complexity index is 497. The monoisotopic (exact) mass is 300 g/mol. The van der Waals surface area contributed by atoms with Crippen LogP contribution in [0.4, 0.5) is 13.2 Å². The van der Waals surface area contributed by atoms with Crippen molar-refractivity contribution in [1.82, 2.24) is 4.90 Å². The van der Waals surface area contributed by atoms with Crippen molar-refractivity contribution in [3.05, 3.63) is 35.4 Å². The van der Waals surface area contributed by atoms with Crippen molar-refractivity contribution in [2.24, 2.45) is 5.73 Å². The van der Waals surface area contributed by atoms with Crippen LogP contribution >= 0.6 is 0 Å². The Balaban J connectivity index is 2.19. The maximum atomic E-state index is 12.5. The molecule has 6 heteroatoms. The maximum Gasteiger partial charge on any atom is 0.416 e. The van der Waals surface area contributed by atoms with Crippen LogP contribution < -0.4 is 5.73 Å². The van der Waals surface area contributed by atoms with Gasteiger partial charge in [0, 0.05) is 24.2 Å². The molecule has 2 atom stereocenters. The highest BCUT2D eigenvalue weighted by Gasteiger charge is 2.32. The van der Waals surface area contributed by atoms with Crippen molar-refractivity contribution in [2.45, 2.75) is 44.4 Å². The number of rotatable bonds is 2. The molecule has 1 aliphatic rings. The molecule has 0 unspecified atom stereocenters. The molecule has 1 saturated heterocycles. The van der Waals surface area contributed by atoms with Crippen LogP contribution in [0.5, 0.6) is 0 Å². The molecule has 3 nitrogen and oxygen atoms in total. The molecule has 0 radical (unpaired) electrons. The molecule has 1 amide bonds. The highest BCUT2D eigenvalue weighted by Crippen LogP contribution is 2.29. The lowest BCUT2D eigenvalue weighted by molar-refractivity contribution is -0.137. The number of halogens is 3. The van der Waals surface area contributed by atoms with Gasteiger partial charge in [-0.15, -0.1) is 0 Å². The number of likely N-dealkylation sites (tertiary alicyclic amines) is 1. The third-order valence-electron chi connectivity index (χ3n) is 3.88. The van der Waals surface area contributed by atoms with Gasteiger partial charge >= 0.3 is 6.18 Å². The first-order valence-corrected chi connectivity index (χ1v) is 7.04. The van der Waals surface area contributed by atoms with Gasteiger partial charge in [-0.05, 0) is 50.5 Å². The largest absolute Gasteiger partial charge is 0.416 e. The van der Waals surface area contributed by atoms with E-state index < -0.39 is 11.7 Å². The topological polar surface area (TPSA) is 46.3 Å². The highest BCUT2D eigenvalue weighted by molar-refractivity contribution is 5.94. The van der Waals surface area contributed by atoms with Gasteiger partial charge in [0.05, 0.1) is 5.56 Å². The number of nitrogens with two attached hydrogens (primary N) is 1. The third-order valence-corrected chi connectivity index (χ3v) is 3.88. The molecule has 1 fully saturated rings. The van der Waals surface area contributed by atoms with Gasteiger partial charge in [-0.2, -0.15) is 13.2 Å². The molecule has 2 N–H and O–H groups in total. The summed E-state index contributed by atoms with van der Waals surface area (Å²) >= 11 is 0. The molecule has 0 spiro atoms. The fraction of sp³-hybridized carbons (Fsp3) is 0.533. The number of hydrogen-bond acceptors (Lipinski definition) is 2. The minimum atomic E-state index is -4.39. The summed E-state index contributed by atoms with van der Waals surface area (Å²) in [5.41, 5.74) is 5.44. The Morgan fingerprint density at radius 1 is 1.29 bits per heavy atom. The van der Waals surface area contributed by atoms with Crippen LogP contribution in [0.3, 0.4) is 0 Å². The number of amides is 1. The Labute approximate surface area is 121 Å². The minimum Gasteiger partial charge on any atom is -0.334 e. The normalized spacial score (nSPS) is 21.2. The number of nitrogens with zero attached hydrogens (tertiary/aromatic N) is 1. The lowest BCUT2D eigenvalue weighted by Gasteiger charge is -2.38. The van der Waals surface area contributed by atoms with Gasteiger partial charge in [-0.3, -0.25) is 4.79 Å². The molecule has 0 bridgehead atoms. The van der Waals surface area contributed by atoms with Crippen molar-refractivity contribution >= 4 is 5.91 Å². The number of alkyl halides is 3. The average molecular weight is 300 g/mol. The Kier molecular flexibility index (Phi) is 4.56. The van der Waals surface area contributed by atoms with E-state index in [4.69, 9.17) is 5.73 Å². The SMILES string of the molecule is C[C@H](N)[C@H]1CCCCN1C(=O)c1ccc(C(F)(F)F)cc1. The van der Waals surface area contributed by atoms with Crippen LogP contribution in [0.1, 0.15) is 42.1 Å². The van der Waals surface area contributed by atoms with Gasteiger partial charge in [0.1, 0.15) is 0 Å². The van der Waals surface area contributed by atoms with E-state index in [1.165, 1.54) is 12.1 Å². The van der Waals surface area contributed by atoms with Crippen molar-refractivity contribution in [3.8, 4) is 0 Å². The fourth-order valence-electron chi connectivity index (χ4n) is 2.72. The Hall–Kier alpha value is -1.56. The number of carbonyl (C=O) groups excluding carboxylic acids is 1. The molecule has 1 aromatic rings. The summed E-state index contributed by atoms with van der Waals surface area (Å²) in [6, 6.07) is 4.16.